The van der Waals surface area contributed by atoms with Crippen LogP contribution in [-0.2, 0) is 25.8 Å². The fraction of sp³-hybridized carbons (Fsp3) is 0.619. The lowest BCUT2D eigenvalue weighted by atomic mass is 10.1. The van der Waals surface area contributed by atoms with Gasteiger partial charge in [-0.05, 0) is 51.8 Å². The Labute approximate surface area is 178 Å². The van der Waals surface area contributed by atoms with Gasteiger partial charge in [0.15, 0.2) is 9.84 Å². The summed E-state index contributed by atoms with van der Waals surface area (Å²) in [4.78, 5) is 31.0. The van der Waals surface area contributed by atoms with Crippen molar-refractivity contribution in [1.82, 2.24) is 9.80 Å². The molecule has 2 aliphatic heterocycles. The third kappa shape index (κ3) is 5.13. The van der Waals surface area contributed by atoms with Gasteiger partial charge >= 0.3 is 6.09 Å². The van der Waals surface area contributed by atoms with Crippen LogP contribution in [0, 0.1) is 0 Å². The van der Waals surface area contributed by atoms with Gasteiger partial charge in [0, 0.05) is 44.2 Å². The molecule has 8 nitrogen and oxygen atoms in total. The molecular weight excluding hydrogens is 406 g/mol. The number of benzene rings is 1. The number of carbonyl (C=O) groups is 2. The quantitative estimate of drug-likeness (QED) is 0.718. The average Bonchev–Trinajstić information content (AvgIpc) is 3.02. The van der Waals surface area contributed by atoms with E-state index in [9.17, 15) is 18.0 Å². The Kier molecular flexibility index (Phi) is 6.15. The summed E-state index contributed by atoms with van der Waals surface area (Å²) in [7, 11) is -3.33. The first-order valence-electron chi connectivity index (χ1n) is 10.2. The van der Waals surface area contributed by atoms with E-state index in [-0.39, 0.29) is 29.5 Å². The molecular formula is C21H31N3O5S. The highest BCUT2D eigenvalue weighted by Crippen LogP contribution is 2.31. The van der Waals surface area contributed by atoms with Gasteiger partial charge in [-0.3, -0.25) is 9.69 Å². The Morgan fingerprint density at radius 3 is 2.47 bits per heavy atom. The SMILES string of the molecule is C[C@@H]1CN(CC(=O)N2CCc3ccc(S(C)(=O)=O)cc32)CCN1C(=O)OC(C)(C)C. The van der Waals surface area contributed by atoms with E-state index in [1.54, 1.807) is 28.0 Å². The molecule has 3 rings (SSSR count). The third-order valence-electron chi connectivity index (χ3n) is 5.38. The lowest BCUT2D eigenvalue weighted by Gasteiger charge is -2.40. The smallest absolute Gasteiger partial charge is 0.410 e. The number of anilines is 1. The van der Waals surface area contributed by atoms with Crippen molar-refractivity contribution in [2.75, 3.05) is 43.9 Å². The standard InChI is InChI=1S/C21H31N3O5S/c1-15-13-22(10-11-23(15)20(26)29-21(2,3)4)14-19(25)24-9-8-16-6-7-17(12-18(16)24)30(5,27)28/h6-7,12,15H,8-11,13-14H2,1-5H3/t15-/m1/s1. The van der Waals surface area contributed by atoms with Crippen LogP contribution < -0.4 is 4.90 Å². The Hall–Kier alpha value is -2.13. The number of ether oxygens (including phenoxy) is 1. The molecule has 166 valence electrons. The first-order valence-corrected chi connectivity index (χ1v) is 12.1. The van der Waals surface area contributed by atoms with Crippen molar-refractivity contribution in [3.05, 3.63) is 23.8 Å². The fourth-order valence-corrected chi connectivity index (χ4v) is 4.53. The molecule has 30 heavy (non-hydrogen) atoms. The average molecular weight is 438 g/mol. The Morgan fingerprint density at radius 2 is 1.87 bits per heavy atom. The number of hydrogen-bond acceptors (Lipinski definition) is 6. The van der Waals surface area contributed by atoms with Gasteiger partial charge in [-0.2, -0.15) is 0 Å². The lowest BCUT2D eigenvalue weighted by molar-refractivity contribution is -0.120. The number of carbonyl (C=O) groups excluding carboxylic acids is 2. The highest BCUT2D eigenvalue weighted by Gasteiger charge is 2.33. The predicted octanol–water partition coefficient (Wildman–Crippen LogP) is 1.92. The number of fused-ring (bicyclic) bond motifs is 1. The van der Waals surface area contributed by atoms with E-state index >= 15 is 0 Å². The van der Waals surface area contributed by atoms with Gasteiger partial charge in [-0.15, -0.1) is 0 Å². The van der Waals surface area contributed by atoms with Gasteiger partial charge in [0.2, 0.25) is 5.91 Å². The maximum absolute atomic E-state index is 13.0. The molecule has 0 aliphatic carbocycles. The predicted molar refractivity (Wildman–Crippen MR) is 114 cm³/mol. The molecule has 0 saturated carbocycles. The highest BCUT2D eigenvalue weighted by atomic mass is 32.2. The number of nitrogens with zero attached hydrogens (tertiary/aromatic N) is 3. The molecule has 2 heterocycles. The molecule has 9 heteroatoms. The van der Waals surface area contributed by atoms with E-state index in [0.29, 0.717) is 38.3 Å². The van der Waals surface area contributed by atoms with Crippen LogP contribution in [0.2, 0.25) is 0 Å². The molecule has 1 atom stereocenters. The second kappa shape index (κ2) is 8.19. The van der Waals surface area contributed by atoms with Crippen molar-refractivity contribution in [2.24, 2.45) is 0 Å². The molecule has 1 aromatic carbocycles. The zero-order valence-corrected chi connectivity index (χ0v) is 19.2. The van der Waals surface area contributed by atoms with Crippen molar-refractivity contribution < 1.29 is 22.7 Å². The maximum atomic E-state index is 13.0. The summed E-state index contributed by atoms with van der Waals surface area (Å²) in [6, 6.07) is 4.92. The normalized spacial score (nSPS) is 20.2. The van der Waals surface area contributed by atoms with E-state index in [1.807, 2.05) is 32.6 Å². The van der Waals surface area contributed by atoms with Crippen LogP contribution in [-0.4, -0.2) is 80.8 Å². The zero-order chi connectivity index (χ0) is 22.3. The van der Waals surface area contributed by atoms with Crippen LogP contribution in [0.25, 0.3) is 0 Å². The molecule has 0 spiro atoms. The van der Waals surface area contributed by atoms with Gasteiger partial charge in [-0.1, -0.05) is 6.07 Å². The Balaban J connectivity index is 1.63. The van der Waals surface area contributed by atoms with E-state index < -0.39 is 15.4 Å². The molecule has 2 aliphatic rings. The molecule has 1 saturated heterocycles. The summed E-state index contributed by atoms with van der Waals surface area (Å²) in [6.45, 7) is 9.91. The van der Waals surface area contributed by atoms with Crippen molar-refractivity contribution in [1.29, 1.82) is 0 Å². The summed E-state index contributed by atoms with van der Waals surface area (Å²) in [6.07, 6.45) is 1.55. The molecule has 0 bridgehead atoms. The minimum Gasteiger partial charge on any atom is -0.444 e. The topological polar surface area (TPSA) is 87.2 Å². The van der Waals surface area contributed by atoms with Crippen LogP contribution in [0.1, 0.15) is 33.3 Å². The number of piperazine rings is 1. The molecule has 0 unspecified atom stereocenters. The van der Waals surface area contributed by atoms with Gasteiger partial charge in [0.25, 0.3) is 0 Å². The monoisotopic (exact) mass is 437 g/mol. The Morgan fingerprint density at radius 1 is 1.17 bits per heavy atom. The first kappa shape index (κ1) is 22.6. The Bertz CT molecular complexity index is 938. The molecule has 0 aromatic heterocycles. The second-order valence-corrected chi connectivity index (χ2v) is 11.1. The van der Waals surface area contributed by atoms with E-state index in [4.69, 9.17) is 4.74 Å². The third-order valence-corrected chi connectivity index (χ3v) is 6.49. The van der Waals surface area contributed by atoms with Crippen molar-refractivity contribution in [3.63, 3.8) is 0 Å². The van der Waals surface area contributed by atoms with Gasteiger partial charge < -0.3 is 14.5 Å². The van der Waals surface area contributed by atoms with Crippen molar-refractivity contribution in [2.45, 2.75) is 50.7 Å². The lowest BCUT2D eigenvalue weighted by Crippen LogP contribution is -2.56. The molecule has 1 aromatic rings. The zero-order valence-electron chi connectivity index (χ0n) is 18.3. The van der Waals surface area contributed by atoms with E-state index in [2.05, 4.69) is 0 Å². The number of amides is 2. The molecule has 0 radical (unpaired) electrons. The van der Waals surface area contributed by atoms with Crippen LogP contribution in [0.4, 0.5) is 10.5 Å². The largest absolute Gasteiger partial charge is 0.444 e. The van der Waals surface area contributed by atoms with Crippen LogP contribution in [0.3, 0.4) is 0 Å². The van der Waals surface area contributed by atoms with Crippen LogP contribution >= 0.6 is 0 Å². The molecule has 1 fully saturated rings. The minimum atomic E-state index is -3.33. The highest BCUT2D eigenvalue weighted by molar-refractivity contribution is 7.90. The van der Waals surface area contributed by atoms with Gasteiger partial charge in [0.1, 0.15) is 5.60 Å². The summed E-state index contributed by atoms with van der Waals surface area (Å²) >= 11 is 0. The van der Waals surface area contributed by atoms with Crippen molar-refractivity contribution >= 4 is 27.5 Å². The maximum Gasteiger partial charge on any atom is 0.410 e. The van der Waals surface area contributed by atoms with Crippen LogP contribution in [0.5, 0.6) is 0 Å². The number of rotatable bonds is 3. The van der Waals surface area contributed by atoms with Crippen molar-refractivity contribution in [3.8, 4) is 0 Å². The van der Waals surface area contributed by atoms with E-state index in [0.717, 1.165) is 5.56 Å². The second-order valence-electron chi connectivity index (χ2n) is 9.12. The summed E-state index contributed by atoms with van der Waals surface area (Å²) < 4.78 is 29.2. The van der Waals surface area contributed by atoms with Gasteiger partial charge in [0.05, 0.1) is 11.4 Å². The minimum absolute atomic E-state index is 0.0580. The summed E-state index contributed by atoms with van der Waals surface area (Å²) in [5.74, 6) is -0.0580. The number of sulfone groups is 1. The van der Waals surface area contributed by atoms with Crippen LogP contribution in [0.15, 0.2) is 23.1 Å². The molecule has 2 amide bonds. The number of hydrogen-bond donors (Lipinski definition) is 0. The molecule has 0 N–H and O–H groups in total. The van der Waals surface area contributed by atoms with Gasteiger partial charge in [-0.25, -0.2) is 13.2 Å². The summed E-state index contributed by atoms with van der Waals surface area (Å²) in [5.41, 5.74) is 1.12. The fourth-order valence-electron chi connectivity index (χ4n) is 3.89. The van der Waals surface area contributed by atoms with E-state index in [1.165, 1.54) is 6.26 Å². The summed E-state index contributed by atoms with van der Waals surface area (Å²) in [5, 5.41) is 0. The first-order chi connectivity index (χ1) is 13.8.